The van der Waals surface area contributed by atoms with Crippen LogP contribution in [0.15, 0.2) is 0 Å². The molecule has 1 nitrogen and oxygen atoms in total. The lowest BCUT2D eigenvalue weighted by molar-refractivity contribution is -0.117. The van der Waals surface area contributed by atoms with Crippen LogP contribution in [0.2, 0.25) is 0 Å². The molecule has 1 heteroatoms. The molecule has 0 saturated carbocycles. The second kappa shape index (κ2) is 16.0. The Morgan fingerprint density at radius 3 is 1.62 bits per heavy atom. The quantitative estimate of drug-likeness (QED) is 0.278. The van der Waals surface area contributed by atoms with E-state index in [4.69, 9.17) is 0 Å². The van der Waals surface area contributed by atoms with Crippen LogP contribution in [-0.2, 0) is 4.79 Å². The smallest absolute Gasteiger partial charge is 0.129 e. The number of hydrogen-bond donors (Lipinski definition) is 0. The predicted octanol–water partition coefficient (Wildman–Crippen LogP) is 7.08. The third-order valence-corrected chi connectivity index (χ3v) is 4.53. The summed E-state index contributed by atoms with van der Waals surface area (Å²) >= 11 is 0. The number of carbonyl (C=O) groups is 1. The van der Waals surface area contributed by atoms with E-state index in [9.17, 15) is 4.79 Å². The Hall–Kier alpha value is -0.330. The van der Waals surface area contributed by atoms with Gasteiger partial charge < -0.3 is 4.79 Å². The number of ketones is 1. The van der Waals surface area contributed by atoms with Gasteiger partial charge in [-0.05, 0) is 19.3 Å². The lowest BCUT2D eigenvalue weighted by atomic mass is 9.96. The molecule has 0 spiro atoms. The van der Waals surface area contributed by atoms with Crippen molar-refractivity contribution in [3.05, 3.63) is 0 Å². The van der Waals surface area contributed by atoms with E-state index < -0.39 is 0 Å². The molecule has 1 atom stereocenters. The molecular weight excluding hydrogens is 256 g/mol. The number of carbonyl (C=O) groups excluding carboxylic acids is 1. The average molecular weight is 297 g/mol. The summed E-state index contributed by atoms with van der Waals surface area (Å²) in [7, 11) is 0. The van der Waals surface area contributed by atoms with E-state index >= 15 is 0 Å². The predicted molar refractivity (Wildman–Crippen MR) is 94.8 cm³/mol. The molecule has 0 bridgehead atoms. The van der Waals surface area contributed by atoms with E-state index in [1.54, 1.807) is 6.92 Å². The molecule has 0 fully saturated rings. The Morgan fingerprint density at radius 1 is 0.714 bits per heavy atom. The summed E-state index contributed by atoms with van der Waals surface area (Å²) in [6.45, 7) is 6.41. The van der Waals surface area contributed by atoms with Gasteiger partial charge in [-0.25, -0.2) is 0 Å². The van der Waals surface area contributed by atoms with Gasteiger partial charge in [0.25, 0.3) is 0 Å². The van der Waals surface area contributed by atoms with Gasteiger partial charge in [-0.2, -0.15) is 0 Å². The van der Waals surface area contributed by atoms with Crippen LogP contribution in [0, 0.1) is 5.92 Å². The van der Waals surface area contributed by atoms with Crippen molar-refractivity contribution in [3.8, 4) is 0 Å². The molecule has 0 aromatic rings. The maximum absolute atomic E-state index is 10.8. The van der Waals surface area contributed by atoms with Gasteiger partial charge in [0.2, 0.25) is 0 Å². The second-order valence-electron chi connectivity index (χ2n) is 7.02. The highest BCUT2D eigenvalue weighted by Gasteiger charge is 2.02. The molecule has 0 heterocycles. The van der Waals surface area contributed by atoms with Crippen LogP contribution in [0.3, 0.4) is 0 Å². The minimum absolute atomic E-state index is 0.346. The van der Waals surface area contributed by atoms with Gasteiger partial charge >= 0.3 is 0 Å². The van der Waals surface area contributed by atoms with Crippen LogP contribution in [0.5, 0.6) is 0 Å². The zero-order valence-corrected chi connectivity index (χ0v) is 15.1. The van der Waals surface area contributed by atoms with Crippen LogP contribution in [0.4, 0.5) is 0 Å². The van der Waals surface area contributed by atoms with E-state index in [-0.39, 0.29) is 0 Å². The van der Waals surface area contributed by atoms with Crippen molar-refractivity contribution in [2.24, 2.45) is 5.92 Å². The number of Topliss-reactive ketones (excluding diaryl/α,β-unsaturated/α-hetero) is 1. The second-order valence-corrected chi connectivity index (χ2v) is 7.02. The van der Waals surface area contributed by atoms with Crippen LogP contribution in [0.1, 0.15) is 117 Å². The molecule has 1 unspecified atom stereocenters. The Balaban J connectivity index is 3.16. The standard InChI is InChI=1S/C20H40O/c1-4-5-6-7-8-10-13-16-19(2)17-14-11-9-12-15-18-20(3)21/h19H,4-18H2,1-3H3. The third kappa shape index (κ3) is 17.6. The van der Waals surface area contributed by atoms with Gasteiger partial charge in [0.05, 0.1) is 0 Å². The zero-order valence-electron chi connectivity index (χ0n) is 15.1. The lowest BCUT2D eigenvalue weighted by Crippen LogP contribution is -1.95. The summed E-state index contributed by atoms with van der Waals surface area (Å²) in [5.74, 6) is 1.26. The SMILES string of the molecule is CCCCCCCCCC(C)CCCCCCCC(C)=O. The van der Waals surface area contributed by atoms with Crippen LogP contribution < -0.4 is 0 Å². The lowest BCUT2D eigenvalue weighted by Gasteiger charge is -2.11. The molecule has 126 valence electrons. The highest BCUT2D eigenvalue weighted by molar-refractivity contribution is 5.75. The number of rotatable bonds is 16. The maximum atomic E-state index is 10.8. The largest absolute Gasteiger partial charge is 0.300 e. The Kier molecular flexibility index (Phi) is 15.8. The summed E-state index contributed by atoms with van der Waals surface area (Å²) in [4.78, 5) is 10.8. The summed E-state index contributed by atoms with van der Waals surface area (Å²) in [6.07, 6.45) is 20.0. The first kappa shape index (κ1) is 20.7. The fraction of sp³-hybridized carbons (Fsp3) is 0.950. The zero-order chi connectivity index (χ0) is 15.8. The van der Waals surface area contributed by atoms with Gasteiger partial charge in [-0.15, -0.1) is 0 Å². The van der Waals surface area contributed by atoms with E-state index in [1.807, 2.05) is 0 Å². The Morgan fingerprint density at radius 2 is 1.14 bits per heavy atom. The third-order valence-electron chi connectivity index (χ3n) is 4.53. The summed E-state index contributed by atoms with van der Waals surface area (Å²) in [6, 6.07) is 0. The first-order valence-corrected chi connectivity index (χ1v) is 9.66. The Bertz CT molecular complexity index is 222. The molecule has 0 saturated heterocycles. The van der Waals surface area contributed by atoms with E-state index in [0.717, 1.165) is 18.8 Å². The van der Waals surface area contributed by atoms with Crippen LogP contribution >= 0.6 is 0 Å². The summed E-state index contributed by atoms with van der Waals surface area (Å²) in [5, 5.41) is 0. The molecule has 0 aromatic heterocycles. The van der Waals surface area contributed by atoms with Crippen molar-refractivity contribution in [1.82, 2.24) is 0 Å². The minimum Gasteiger partial charge on any atom is -0.300 e. The van der Waals surface area contributed by atoms with Crippen LogP contribution in [-0.4, -0.2) is 5.78 Å². The van der Waals surface area contributed by atoms with Gasteiger partial charge in [0, 0.05) is 6.42 Å². The monoisotopic (exact) mass is 296 g/mol. The molecule has 21 heavy (non-hydrogen) atoms. The molecule has 0 amide bonds. The van der Waals surface area contributed by atoms with Crippen LogP contribution in [0.25, 0.3) is 0 Å². The van der Waals surface area contributed by atoms with Crippen molar-refractivity contribution >= 4 is 5.78 Å². The summed E-state index contributed by atoms with van der Waals surface area (Å²) in [5.41, 5.74) is 0. The van der Waals surface area contributed by atoms with Crippen molar-refractivity contribution in [2.45, 2.75) is 117 Å². The maximum Gasteiger partial charge on any atom is 0.129 e. The molecule has 0 N–H and O–H groups in total. The first-order chi connectivity index (χ1) is 10.2. The van der Waals surface area contributed by atoms with Crippen molar-refractivity contribution in [3.63, 3.8) is 0 Å². The fourth-order valence-electron chi connectivity index (χ4n) is 2.99. The molecule has 0 aliphatic heterocycles. The fourth-order valence-corrected chi connectivity index (χ4v) is 2.99. The van der Waals surface area contributed by atoms with Gasteiger partial charge in [-0.3, -0.25) is 0 Å². The molecule has 0 radical (unpaired) electrons. The molecule has 0 aliphatic rings. The average Bonchev–Trinajstić information content (AvgIpc) is 2.45. The Labute approximate surface area is 134 Å². The van der Waals surface area contributed by atoms with E-state index in [1.165, 1.54) is 83.5 Å². The molecule has 0 aromatic carbocycles. The molecular formula is C20H40O. The molecule has 0 aliphatic carbocycles. The minimum atomic E-state index is 0.346. The van der Waals surface area contributed by atoms with Crippen molar-refractivity contribution < 1.29 is 4.79 Å². The normalized spacial score (nSPS) is 12.5. The van der Waals surface area contributed by atoms with Gasteiger partial charge in [0.15, 0.2) is 0 Å². The first-order valence-electron chi connectivity index (χ1n) is 9.66. The number of hydrogen-bond acceptors (Lipinski definition) is 1. The topological polar surface area (TPSA) is 17.1 Å². The van der Waals surface area contributed by atoms with Gasteiger partial charge in [0.1, 0.15) is 5.78 Å². The van der Waals surface area contributed by atoms with Gasteiger partial charge in [-0.1, -0.05) is 97.3 Å². The van der Waals surface area contributed by atoms with E-state index in [2.05, 4.69) is 13.8 Å². The van der Waals surface area contributed by atoms with E-state index in [0.29, 0.717) is 5.78 Å². The highest BCUT2D eigenvalue weighted by atomic mass is 16.1. The summed E-state index contributed by atoms with van der Waals surface area (Å²) < 4.78 is 0. The number of unbranched alkanes of at least 4 members (excludes halogenated alkanes) is 10. The van der Waals surface area contributed by atoms with Crippen molar-refractivity contribution in [2.75, 3.05) is 0 Å². The van der Waals surface area contributed by atoms with Crippen molar-refractivity contribution in [1.29, 1.82) is 0 Å². The highest BCUT2D eigenvalue weighted by Crippen LogP contribution is 2.18. The molecule has 0 rings (SSSR count).